The normalized spacial score (nSPS) is 14.4. The number of hydrogen-bond donors (Lipinski definition) is 1. The summed E-state index contributed by atoms with van der Waals surface area (Å²) in [7, 11) is 0. The zero-order valence-corrected chi connectivity index (χ0v) is 18.2. The summed E-state index contributed by atoms with van der Waals surface area (Å²) in [4.78, 5) is 1.33. The van der Waals surface area contributed by atoms with Gasteiger partial charge in [-0.15, -0.1) is 11.8 Å². The van der Waals surface area contributed by atoms with E-state index in [4.69, 9.17) is 5.84 Å². The number of thioether (sulfide) groups is 1. The van der Waals surface area contributed by atoms with Crippen LogP contribution in [0.5, 0.6) is 0 Å². The van der Waals surface area contributed by atoms with Crippen LogP contribution in [0.1, 0.15) is 49.1 Å². The first-order chi connectivity index (χ1) is 14.2. The van der Waals surface area contributed by atoms with Crippen LogP contribution in [0.3, 0.4) is 0 Å². The van der Waals surface area contributed by atoms with Crippen LogP contribution in [-0.4, -0.2) is 10.9 Å². The Bertz CT molecular complexity index is 1140. The van der Waals surface area contributed by atoms with Crippen molar-refractivity contribution < 1.29 is 0 Å². The van der Waals surface area contributed by atoms with Crippen molar-refractivity contribution >= 4 is 39.9 Å². The van der Waals surface area contributed by atoms with E-state index in [9.17, 15) is 0 Å². The first-order valence-corrected chi connectivity index (χ1v) is 11.5. The molecule has 3 aromatic rings. The second-order valence-corrected chi connectivity index (χ2v) is 8.25. The lowest BCUT2D eigenvalue weighted by Crippen LogP contribution is -2.13. The molecule has 0 fully saturated rings. The van der Waals surface area contributed by atoms with Crippen LogP contribution >= 0.6 is 11.8 Å². The Morgan fingerprint density at radius 2 is 2.00 bits per heavy atom. The maximum Gasteiger partial charge on any atom is 0.0699 e. The van der Waals surface area contributed by atoms with Gasteiger partial charge in [-0.2, -0.15) is 0 Å². The summed E-state index contributed by atoms with van der Waals surface area (Å²) < 4.78 is 1.87. The first-order valence-electron chi connectivity index (χ1n) is 10.3. The molecule has 0 radical (unpaired) electrons. The monoisotopic (exact) mass is 400 g/mol. The molecule has 1 aliphatic carbocycles. The molecule has 0 bridgehead atoms. The van der Waals surface area contributed by atoms with Gasteiger partial charge in [0.1, 0.15) is 0 Å². The number of fused-ring (bicyclic) bond motifs is 3. The Labute approximate surface area is 177 Å². The molecular formula is C26H28N2S. The minimum atomic E-state index is 0.974. The lowest BCUT2D eigenvalue weighted by molar-refractivity contribution is 0.872. The van der Waals surface area contributed by atoms with E-state index in [-0.39, 0.29) is 0 Å². The summed E-state index contributed by atoms with van der Waals surface area (Å²) in [6, 6.07) is 15.3. The second kappa shape index (κ2) is 8.38. The number of nitrogens with zero attached hydrogens (tertiary/aromatic N) is 1. The predicted molar refractivity (Wildman–Crippen MR) is 130 cm³/mol. The molecule has 1 aliphatic rings. The average molecular weight is 401 g/mol. The standard InChI is InChI=1S/C26H28N2S/c1-4-8-18(9-5-2)21-14-12-20(17-26(21)29-3)19-13-15-25-23(16-19)22-10-6-7-11-24(22)28(25)27/h4,6-12,14,16-17H,5,13,15,27H2,1-3H3/b8-4-,18-9+. The molecule has 4 rings (SSSR count). The van der Waals surface area contributed by atoms with Crippen molar-refractivity contribution in [2.45, 2.75) is 38.0 Å². The van der Waals surface area contributed by atoms with Gasteiger partial charge in [-0.1, -0.05) is 55.5 Å². The average Bonchev–Trinajstić information content (AvgIpc) is 3.05. The molecular weight excluding hydrogens is 372 g/mol. The molecule has 0 saturated carbocycles. The van der Waals surface area contributed by atoms with E-state index >= 15 is 0 Å². The van der Waals surface area contributed by atoms with E-state index < -0.39 is 0 Å². The van der Waals surface area contributed by atoms with Crippen LogP contribution in [-0.2, 0) is 6.42 Å². The topological polar surface area (TPSA) is 30.9 Å². The first kappa shape index (κ1) is 19.7. The van der Waals surface area contributed by atoms with Crippen molar-refractivity contribution in [1.29, 1.82) is 0 Å². The maximum atomic E-state index is 6.37. The maximum absolute atomic E-state index is 6.37. The summed E-state index contributed by atoms with van der Waals surface area (Å²) in [5.41, 5.74) is 8.94. The van der Waals surface area contributed by atoms with Crippen LogP contribution in [0, 0.1) is 0 Å². The quantitative estimate of drug-likeness (QED) is 0.286. The third-order valence-electron chi connectivity index (χ3n) is 5.66. The molecule has 2 nitrogen and oxygen atoms in total. The van der Waals surface area contributed by atoms with Crippen LogP contribution in [0.25, 0.3) is 28.1 Å². The van der Waals surface area contributed by atoms with Gasteiger partial charge in [0.2, 0.25) is 0 Å². The van der Waals surface area contributed by atoms with Crippen molar-refractivity contribution in [3.63, 3.8) is 0 Å². The number of aromatic nitrogens is 1. The molecule has 0 aliphatic heterocycles. The molecule has 0 saturated heterocycles. The number of allylic oxidation sites excluding steroid dienone is 5. The zero-order chi connectivity index (χ0) is 20.4. The lowest BCUT2D eigenvalue weighted by atomic mass is 9.90. The van der Waals surface area contributed by atoms with Gasteiger partial charge in [0.25, 0.3) is 0 Å². The van der Waals surface area contributed by atoms with Gasteiger partial charge >= 0.3 is 0 Å². The SMILES string of the molecule is C/C=C\C(=C/CC)c1ccc(C2=Cc3c(n(N)c4ccccc34)CC2)cc1SC. The third kappa shape index (κ3) is 3.56. The summed E-state index contributed by atoms with van der Waals surface area (Å²) in [6.45, 7) is 4.27. The Hall–Kier alpha value is -2.65. The Morgan fingerprint density at radius 1 is 1.17 bits per heavy atom. The Kier molecular flexibility index (Phi) is 5.68. The molecule has 0 atom stereocenters. The minimum Gasteiger partial charge on any atom is -0.339 e. The summed E-state index contributed by atoms with van der Waals surface area (Å²) >= 11 is 1.82. The zero-order valence-electron chi connectivity index (χ0n) is 17.4. The number of benzene rings is 2. The fourth-order valence-corrected chi connectivity index (χ4v) is 4.93. The largest absolute Gasteiger partial charge is 0.339 e. The molecule has 29 heavy (non-hydrogen) atoms. The number of hydrogen-bond acceptors (Lipinski definition) is 2. The van der Waals surface area contributed by atoms with E-state index in [2.05, 4.69) is 86.9 Å². The Balaban J connectivity index is 1.79. The molecule has 148 valence electrons. The smallest absolute Gasteiger partial charge is 0.0699 e. The van der Waals surface area contributed by atoms with Gasteiger partial charge in [0.05, 0.1) is 5.52 Å². The van der Waals surface area contributed by atoms with E-state index in [0.717, 1.165) is 24.8 Å². The van der Waals surface area contributed by atoms with Crippen molar-refractivity contribution in [3.05, 3.63) is 83.1 Å². The second-order valence-electron chi connectivity index (χ2n) is 7.40. The molecule has 0 amide bonds. The highest BCUT2D eigenvalue weighted by Gasteiger charge is 2.20. The van der Waals surface area contributed by atoms with E-state index in [1.54, 1.807) is 0 Å². The van der Waals surface area contributed by atoms with Crippen LogP contribution < -0.4 is 5.84 Å². The van der Waals surface area contributed by atoms with Gasteiger partial charge in [0.15, 0.2) is 0 Å². The summed E-state index contributed by atoms with van der Waals surface area (Å²) in [5.74, 6) is 6.37. The van der Waals surface area contributed by atoms with Gasteiger partial charge in [0, 0.05) is 21.5 Å². The molecule has 1 heterocycles. The highest BCUT2D eigenvalue weighted by molar-refractivity contribution is 7.98. The summed E-state index contributed by atoms with van der Waals surface area (Å²) in [6.07, 6.45) is 14.2. The number of rotatable bonds is 5. The molecule has 0 unspecified atom stereocenters. The molecule has 0 spiro atoms. The Morgan fingerprint density at radius 3 is 2.76 bits per heavy atom. The molecule has 2 aromatic carbocycles. The summed E-state index contributed by atoms with van der Waals surface area (Å²) in [5, 5.41) is 1.24. The van der Waals surface area contributed by atoms with Crippen LogP contribution in [0.2, 0.25) is 0 Å². The number of para-hydroxylation sites is 1. The van der Waals surface area contributed by atoms with Crippen LogP contribution in [0.4, 0.5) is 0 Å². The molecule has 1 aromatic heterocycles. The fraction of sp³-hybridized carbons (Fsp3) is 0.231. The lowest BCUT2D eigenvalue weighted by Gasteiger charge is -2.17. The van der Waals surface area contributed by atoms with Gasteiger partial charge < -0.3 is 5.84 Å². The highest BCUT2D eigenvalue weighted by Crippen LogP contribution is 2.38. The van der Waals surface area contributed by atoms with Crippen molar-refractivity contribution in [1.82, 2.24) is 4.68 Å². The fourth-order valence-electron chi connectivity index (χ4n) is 4.28. The van der Waals surface area contributed by atoms with E-state index in [1.165, 1.54) is 43.8 Å². The van der Waals surface area contributed by atoms with Crippen molar-refractivity contribution in [3.8, 4) is 0 Å². The predicted octanol–water partition coefficient (Wildman–Crippen LogP) is 6.93. The van der Waals surface area contributed by atoms with Gasteiger partial charge in [-0.05, 0) is 72.9 Å². The van der Waals surface area contributed by atoms with E-state index in [1.807, 2.05) is 16.4 Å². The number of nitrogens with two attached hydrogens (primary N) is 1. The van der Waals surface area contributed by atoms with Crippen molar-refractivity contribution in [2.75, 3.05) is 12.1 Å². The molecule has 2 N–H and O–H groups in total. The molecule has 3 heteroatoms. The third-order valence-corrected chi connectivity index (χ3v) is 6.44. The number of nitrogen functional groups attached to an aromatic ring is 1. The van der Waals surface area contributed by atoms with Crippen molar-refractivity contribution in [2.24, 2.45) is 0 Å². The van der Waals surface area contributed by atoms with Gasteiger partial charge in [-0.25, -0.2) is 0 Å². The minimum absolute atomic E-state index is 0.974. The highest BCUT2D eigenvalue weighted by atomic mass is 32.2. The van der Waals surface area contributed by atoms with Gasteiger partial charge in [-0.3, -0.25) is 4.68 Å². The van der Waals surface area contributed by atoms with Crippen LogP contribution in [0.15, 0.2) is 65.6 Å². The van der Waals surface area contributed by atoms with E-state index in [0.29, 0.717) is 0 Å².